The first-order valence-corrected chi connectivity index (χ1v) is 10.1. The van der Waals surface area contributed by atoms with Crippen molar-refractivity contribution in [3.63, 3.8) is 0 Å². The molecule has 2 aromatic carbocycles. The van der Waals surface area contributed by atoms with Gasteiger partial charge in [0.15, 0.2) is 5.54 Å². The minimum atomic E-state index is -2.98. The van der Waals surface area contributed by atoms with Crippen LogP contribution in [0.3, 0.4) is 0 Å². The maximum Gasteiger partial charge on any atom is 0.361 e. The molecule has 2 aromatic rings. The molecule has 0 spiro atoms. The largest absolute Gasteiger partial charge is 0.365 e. The Hall–Kier alpha value is -3.70. The van der Waals surface area contributed by atoms with Crippen molar-refractivity contribution >= 4 is 35.1 Å². The van der Waals surface area contributed by atoms with Crippen LogP contribution in [0.15, 0.2) is 42.5 Å². The quantitative estimate of drug-likeness (QED) is 0.190. The Kier molecular flexibility index (Phi) is 7.96. The molecular formula is C22H28N4O7. The molecule has 0 aromatic heterocycles. The van der Waals surface area contributed by atoms with Crippen LogP contribution in [0.4, 0.5) is 4.79 Å². The first-order valence-electron chi connectivity index (χ1n) is 10.1. The van der Waals surface area contributed by atoms with Crippen molar-refractivity contribution in [3.8, 4) is 0 Å². The van der Waals surface area contributed by atoms with E-state index in [4.69, 9.17) is 10.6 Å². The Morgan fingerprint density at radius 1 is 1.15 bits per heavy atom. The first-order chi connectivity index (χ1) is 15.4. The van der Waals surface area contributed by atoms with E-state index in [0.717, 1.165) is 15.7 Å². The number of hydroxylamine groups is 1. The number of hydrogen-bond donors (Lipinski definition) is 5. The summed E-state index contributed by atoms with van der Waals surface area (Å²) in [5.41, 5.74) is 5.36. The lowest BCUT2D eigenvalue weighted by atomic mass is 9.90. The number of nitrogens with two attached hydrogens (primary N) is 1. The molecule has 0 saturated heterocycles. The van der Waals surface area contributed by atoms with Crippen LogP contribution in [-0.4, -0.2) is 58.3 Å². The second-order valence-electron chi connectivity index (χ2n) is 8.20. The topological polar surface area (TPSA) is 171 Å². The summed E-state index contributed by atoms with van der Waals surface area (Å²) < 4.78 is 0. The minimum absolute atomic E-state index is 0.0113. The number of nitrogens with one attached hydrogen (secondary N) is 2. The van der Waals surface area contributed by atoms with Crippen LogP contribution in [0.5, 0.6) is 0 Å². The fraction of sp³-hybridized carbons (Fsp3) is 0.364. The van der Waals surface area contributed by atoms with Crippen LogP contribution in [-0.2, 0) is 24.8 Å². The highest BCUT2D eigenvalue weighted by molar-refractivity contribution is 5.91. The van der Waals surface area contributed by atoms with Gasteiger partial charge in [0.25, 0.3) is 11.7 Å². The zero-order chi connectivity index (χ0) is 24.8. The third-order valence-electron chi connectivity index (χ3n) is 4.97. The Labute approximate surface area is 190 Å². The van der Waals surface area contributed by atoms with E-state index >= 15 is 0 Å². The lowest BCUT2D eigenvalue weighted by molar-refractivity contribution is -0.185. The van der Waals surface area contributed by atoms with Gasteiger partial charge in [0, 0.05) is 6.54 Å². The molecule has 178 valence electrons. The molecule has 2 rings (SSSR count). The van der Waals surface area contributed by atoms with Gasteiger partial charge in [-0.25, -0.2) is 9.59 Å². The molecular weight excluding hydrogens is 432 g/mol. The molecule has 4 amide bonds. The van der Waals surface area contributed by atoms with Gasteiger partial charge >= 0.3 is 12.0 Å². The van der Waals surface area contributed by atoms with Gasteiger partial charge in [0.2, 0.25) is 6.41 Å². The second-order valence-corrected chi connectivity index (χ2v) is 8.20. The molecule has 0 aliphatic rings. The molecule has 0 saturated carbocycles. The number of rotatable bonds is 10. The molecule has 11 heteroatoms. The highest BCUT2D eigenvalue weighted by atomic mass is 16.7. The summed E-state index contributed by atoms with van der Waals surface area (Å²) in [4.78, 5) is 53.8. The highest BCUT2D eigenvalue weighted by Crippen LogP contribution is 2.27. The second kappa shape index (κ2) is 10.3. The lowest BCUT2D eigenvalue weighted by Crippen LogP contribution is -2.60. The number of nitrogens with zero attached hydrogens (tertiary/aromatic N) is 1. The Bertz CT molecular complexity index is 1040. The molecule has 0 aliphatic carbocycles. The van der Waals surface area contributed by atoms with E-state index in [1.165, 1.54) is 6.92 Å². The van der Waals surface area contributed by atoms with Crippen LogP contribution in [0, 0.1) is 5.92 Å². The predicted molar refractivity (Wildman–Crippen MR) is 118 cm³/mol. The van der Waals surface area contributed by atoms with Crippen LogP contribution in [0.25, 0.3) is 10.8 Å². The third kappa shape index (κ3) is 6.18. The molecule has 0 bridgehead atoms. The standard InChI is InChI=1S/C22H28N4O7/c1-14(2)11-26(12-22(31,32)18(23)28)20(30)25-21(3,19(29)33-24-13-27)17-9-8-15-6-4-5-7-16(15)10-17/h4-10,13-14,31-32H,11-12H2,1-3H3,(H2,23,28)(H,24,27)(H,25,30)/t21-/m0/s1. The highest BCUT2D eigenvalue weighted by Gasteiger charge is 2.42. The summed E-state index contributed by atoms with van der Waals surface area (Å²) in [6.45, 7) is 4.09. The first kappa shape index (κ1) is 25.6. The SMILES string of the molecule is CC(C)CN(CC(O)(O)C(N)=O)C(=O)N[C@](C)(C(=O)ONC=O)c1ccc2ccccc2c1. The van der Waals surface area contributed by atoms with Gasteiger partial charge in [-0.3, -0.25) is 9.59 Å². The molecule has 0 aliphatic heterocycles. The van der Waals surface area contributed by atoms with E-state index in [-0.39, 0.29) is 18.9 Å². The van der Waals surface area contributed by atoms with Crippen molar-refractivity contribution in [2.45, 2.75) is 32.1 Å². The number of fused-ring (bicyclic) bond motifs is 1. The van der Waals surface area contributed by atoms with Crippen molar-refractivity contribution in [1.29, 1.82) is 0 Å². The van der Waals surface area contributed by atoms with Crippen molar-refractivity contribution < 1.29 is 34.2 Å². The fourth-order valence-electron chi connectivity index (χ4n) is 3.22. The molecule has 0 heterocycles. The lowest BCUT2D eigenvalue weighted by Gasteiger charge is -2.34. The van der Waals surface area contributed by atoms with Gasteiger partial charge in [-0.2, -0.15) is 5.48 Å². The zero-order valence-corrected chi connectivity index (χ0v) is 18.6. The van der Waals surface area contributed by atoms with E-state index in [9.17, 15) is 29.4 Å². The van der Waals surface area contributed by atoms with E-state index in [1.54, 1.807) is 32.0 Å². The maximum absolute atomic E-state index is 13.2. The Morgan fingerprint density at radius 3 is 2.36 bits per heavy atom. The predicted octanol–water partition coefficient (Wildman–Crippen LogP) is 0.0930. The maximum atomic E-state index is 13.2. The average molecular weight is 460 g/mol. The number of hydrogen-bond acceptors (Lipinski definition) is 7. The van der Waals surface area contributed by atoms with Gasteiger partial charge in [-0.15, -0.1) is 0 Å². The minimum Gasteiger partial charge on any atom is -0.365 e. The number of benzene rings is 2. The zero-order valence-electron chi connectivity index (χ0n) is 18.6. The Balaban J connectivity index is 2.46. The number of carbonyl (C=O) groups is 4. The number of aliphatic hydroxyl groups is 2. The fourth-order valence-corrected chi connectivity index (χ4v) is 3.22. The summed E-state index contributed by atoms with van der Waals surface area (Å²) in [5, 5.41) is 24.0. The monoisotopic (exact) mass is 460 g/mol. The number of urea groups is 1. The van der Waals surface area contributed by atoms with Gasteiger partial charge in [-0.1, -0.05) is 50.2 Å². The van der Waals surface area contributed by atoms with Crippen molar-refractivity contribution in [2.24, 2.45) is 11.7 Å². The Morgan fingerprint density at radius 2 is 1.79 bits per heavy atom. The average Bonchev–Trinajstić information content (AvgIpc) is 2.75. The van der Waals surface area contributed by atoms with E-state index < -0.39 is 35.8 Å². The van der Waals surface area contributed by atoms with Gasteiger partial charge in [-0.05, 0) is 35.2 Å². The molecule has 0 radical (unpaired) electrons. The summed E-state index contributed by atoms with van der Waals surface area (Å²) in [6, 6.07) is 11.5. The molecule has 0 fully saturated rings. The number of amides is 4. The van der Waals surface area contributed by atoms with E-state index in [1.807, 2.05) is 29.7 Å². The normalized spacial score (nSPS) is 13.2. The van der Waals surface area contributed by atoms with Crippen molar-refractivity contribution in [2.75, 3.05) is 13.1 Å². The van der Waals surface area contributed by atoms with Gasteiger partial charge in [0.05, 0.1) is 6.54 Å². The number of primary amides is 1. The van der Waals surface area contributed by atoms with Crippen molar-refractivity contribution in [3.05, 3.63) is 48.0 Å². The number of carbonyl (C=O) groups excluding carboxylic acids is 4. The molecule has 0 unspecified atom stereocenters. The van der Waals surface area contributed by atoms with Gasteiger partial charge < -0.3 is 31.0 Å². The molecule has 11 nitrogen and oxygen atoms in total. The summed E-state index contributed by atoms with van der Waals surface area (Å²) >= 11 is 0. The third-order valence-corrected chi connectivity index (χ3v) is 4.97. The van der Waals surface area contributed by atoms with Crippen LogP contribution in [0.1, 0.15) is 26.3 Å². The molecule has 1 atom stereocenters. The van der Waals surface area contributed by atoms with Crippen molar-refractivity contribution in [1.82, 2.24) is 15.7 Å². The molecule has 6 N–H and O–H groups in total. The van der Waals surface area contributed by atoms with Gasteiger partial charge in [0.1, 0.15) is 0 Å². The van der Waals surface area contributed by atoms with Crippen LogP contribution >= 0.6 is 0 Å². The van der Waals surface area contributed by atoms with Crippen LogP contribution < -0.4 is 16.5 Å². The summed E-state index contributed by atoms with van der Waals surface area (Å²) in [7, 11) is 0. The van der Waals surface area contributed by atoms with E-state index in [0.29, 0.717) is 5.56 Å². The summed E-state index contributed by atoms with van der Waals surface area (Å²) in [5.74, 6) is -5.55. The smallest absolute Gasteiger partial charge is 0.361 e. The molecule has 33 heavy (non-hydrogen) atoms. The van der Waals surface area contributed by atoms with Crippen LogP contribution in [0.2, 0.25) is 0 Å². The summed E-state index contributed by atoms with van der Waals surface area (Å²) in [6.07, 6.45) is 0.157. The van der Waals surface area contributed by atoms with E-state index in [2.05, 4.69) is 5.32 Å².